The minimum atomic E-state index is 0. The Labute approximate surface area is 338 Å². The summed E-state index contributed by atoms with van der Waals surface area (Å²) >= 11 is 0. The van der Waals surface area contributed by atoms with Crippen molar-refractivity contribution in [3.05, 3.63) is 181 Å². The Bertz CT molecular complexity index is 3270. The van der Waals surface area contributed by atoms with Gasteiger partial charge in [-0.25, -0.2) is 9.97 Å². The van der Waals surface area contributed by atoms with E-state index in [0.29, 0.717) is 0 Å². The minimum absolute atomic E-state index is 0. The molecule has 0 fully saturated rings. The Morgan fingerprint density at radius 2 is 1.30 bits per heavy atom. The molecule has 0 bridgehead atoms. The van der Waals surface area contributed by atoms with Crippen LogP contribution in [0, 0.1) is 19.9 Å². The van der Waals surface area contributed by atoms with Gasteiger partial charge >= 0.3 is 21.1 Å². The predicted octanol–water partition coefficient (Wildman–Crippen LogP) is 12.2. The van der Waals surface area contributed by atoms with E-state index < -0.39 is 0 Å². The number of fused-ring (bicyclic) bond motifs is 7. The zero-order valence-electron chi connectivity index (χ0n) is 30.6. The Kier molecular flexibility index (Phi) is 8.09. The first kappa shape index (κ1) is 34.0. The van der Waals surface area contributed by atoms with Crippen LogP contribution in [-0.2, 0) is 21.1 Å². The van der Waals surface area contributed by atoms with E-state index in [-0.39, 0.29) is 21.1 Å². The molecule has 0 N–H and O–H groups in total. The third-order valence-corrected chi connectivity index (χ3v) is 11.0. The average Bonchev–Trinajstić information content (AvgIpc) is 3.91. The summed E-state index contributed by atoms with van der Waals surface area (Å²) in [5.41, 5.74) is 14.7. The van der Waals surface area contributed by atoms with E-state index in [2.05, 4.69) is 175 Å². The number of aromatic nitrogens is 5. The van der Waals surface area contributed by atoms with Crippen LogP contribution in [0.3, 0.4) is 0 Å². The largest absolute Gasteiger partial charge is 2.00 e. The van der Waals surface area contributed by atoms with E-state index in [4.69, 9.17) is 15.0 Å². The molecule has 0 spiro atoms. The Hall–Kier alpha value is -6.55. The fourth-order valence-corrected chi connectivity index (χ4v) is 8.27. The van der Waals surface area contributed by atoms with E-state index in [0.717, 1.165) is 94.4 Å². The smallest absolute Gasteiger partial charge is 0.656 e. The van der Waals surface area contributed by atoms with E-state index in [1.807, 2.05) is 18.3 Å². The second-order valence-corrected chi connectivity index (χ2v) is 14.3. The van der Waals surface area contributed by atoms with Crippen LogP contribution in [0.15, 0.2) is 164 Å². The molecule has 56 heavy (non-hydrogen) atoms. The van der Waals surface area contributed by atoms with Gasteiger partial charge in [-0.05, 0) is 106 Å². The zero-order valence-corrected chi connectivity index (χ0v) is 32.9. The molecule has 0 amide bonds. The molecule has 11 aromatic rings. The van der Waals surface area contributed by atoms with Crippen molar-refractivity contribution < 1.29 is 21.1 Å². The van der Waals surface area contributed by atoms with Gasteiger partial charge in [-0.3, -0.25) is 4.57 Å². The van der Waals surface area contributed by atoms with Crippen LogP contribution in [-0.4, -0.2) is 19.1 Å². The predicted molar refractivity (Wildman–Crippen MR) is 226 cm³/mol. The number of hydrogen-bond acceptors (Lipinski definition) is 2. The van der Waals surface area contributed by atoms with E-state index >= 15 is 0 Å². The van der Waals surface area contributed by atoms with Crippen LogP contribution in [0.1, 0.15) is 11.1 Å². The number of para-hydroxylation sites is 3. The standard InChI is InChI=1S/C50H33N5.Pt/c1-31-26-40-41-28-35(33-14-5-3-6-15-33)29-42(48(41)52-43(40)27-32(31)2)50-53-49-37(19-13-21-45(49)54(50)36-16-7-4-8-17-36)34-23-24-39-38-18-9-10-20-44(38)55(46(39)30-34)47-22-11-12-25-51-47;/h3-29H,1-2H3;/q-2;+2. The summed E-state index contributed by atoms with van der Waals surface area (Å²) < 4.78 is 4.50. The maximum atomic E-state index is 5.61. The number of benzene rings is 7. The molecule has 0 radical (unpaired) electrons. The van der Waals surface area contributed by atoms with Crippen molar-refractivity contribution in [1.82, 2.24) is 24.1 Å². The molecule has 4 heterocycles. The SMILES string of the molecule is Cc1cc2[n-]c3c(-c4nc5c(-c6[c-]c7c(cc6)c6ccccc6n7-c6ccccn6)cccc5n4-c4ccccc4)cc(-c4ccccc4)cc3c2cc1C.[Pt+2]. The fraction of sp³-hybridized carbons (Fsp3) is 0.0400. The molecule has 0 unspecified atom stereocenters. The normalized spacial score (nSPS) is 11.6. The molecule has 0 aliphatic rings. The van der Waals surface area contributed by atoms with Crippen LogP contribution in [0.4, 0.5) is 0 Å². The van der Waals surface area contributed by atoms with Gasteiger partial charge in [0.1, 0.15) is 11.6 Å². The molecule has 6 heteroatoms. The summed E-state index contributed by atoms with van der Waals surface area (Å²) in [6, 6.07) is 59.4. The van der Waals surface area contributed by atoms with Gasteiger partial charge in [-0.1, -0.05) is 108 Å². The number of imidazole rings is 1. The van der Waals surface area contributed by atoms with Gasteiger partial charge in [0.15, 0.2) is 0 Å². The molecular formula is C50H33N5Pt. The first-order chi connectivity index (χ1) is 27.1. The monoisotopic (exact) mass is 898 g/mol. The zero-order chi connectivity index (χ0) is 36.6. The Morgan fingerprint density at radius 1 is 0.554 bits per heavy atom. The first-order valence-corrected chi connectivity index (χ1v) is 18.6. The summed E-state index contributed by atoms with van der Waals surface area (Å²) in [7, 11) is 0. The average molecular weight is 899 g/mol. The second-order valence-electron chi connectivity index (χ2n) is 14.3. The quantitative estimate of drug-likeness (QED) is 0.162. The minimum Gasteiger partial charge on any atom is -0.656 e. The number of rotatable bonds is 5. The van der Waals surface area contributed by atoms with Gasteiger partial charge in [-0.15, -0.1) is 34.8 Å². The van der Waals surface area contributed by atoms with Crippen molar-refractivity contribution in [1.29, 1.82) is 0 Å². The molecule has 7 aromatic carbocycles. The Balaban J connectivity index is 0.00000384. The van der Waals surface area contributed by atoms with E-state index in [9.17, 15) is 0 Å². The number of pyridine rings is 1. The summed E-state index contributed by atoms with van der Waals surface area (Å²) in [5.74, 6) is 1.70. The van der Waals surface area contributed by atoms with Gasteiger partial charge in [0.05, 0.1) is 11.0 Å². The molecule has 11 rings (SSSR count). The van der Waals surface area contributed by atoms with Crippen LogP contribution < -0.4 is 4.98 Å². The van der Waals surface area contributed by atoms with Crippen molar-refractivity contribution in [2.75, 3.05) is 0 Å². The summed E-state index contributed by atoms with van der Waals surface area (Å²) in [5, 5.41) is 4.59. The van der Waals surface area contributed by atoms with Crippen molar-refractivity contribution in [3.63, 3.8) is 0 Å². The summed E-state index contributed by atoms with van der Waals surface area (Å²) in [6.45, 7) is 4.33. The molecule has 0 saturated carbocycles. The van der Waals surface area contributed by atoms with Gasteiger partial charge in [0.25, 0.3) is 0 Å². The maximum absolute atomic E-state index is 5.61. The van der Waals surface area contributed by atoms with Gasteiger partial charge in [0.2, 0.25) is 0 Å². The van der Waals surface area contributed by atoms with Crippen molar-refractivity contribution in [2.45, 2.75) is 13.8 Å². The molecule has 0 saturated heterocycles. The van der Waals surface area contributed by atoms with Gasteiger partial charge < -0.3 is 9.55 Å². The first-order valence-electron chi connectivity index (χ1n) is 18.6. The molecule has 4 aromatic heterocycles. The van der Waals surface area contributed by atoms with Crippen LogP contribution in [0.5, 0.6) is 0 Å². The molecule has 0 aliphatic heterocycles. The molecule has 0 aliphatic carbocycles. The third kappa shape index (κ3) is 5.26. The van der Waals surface area contributed by atoms with Crippen molar-refractivity contribution >= 4 is 54.6 Å². The van der Waals surface area contributed by atoms with Crippen LogP contribution >= 0.6 is 0 Å². The van der Waals surface area contributed by atoms with Gasteiger partial charge in [0, 0.05) is 23.0 Å². The Morgan fingerprint density at radius 3 is 2.12 bits per heavy atom. The van der Waals surface area contributed by atoms with Gasteiger partial charge in [-0.2, -0.15) is 0 Å². The summed E-state index contributed by atoms with van der Waals surface area (Å²) in [4.78, 5) is 15.7. The molecule has 268 valence electrons. The van der Waals surface area contributed by atoms with E-state index in [1.54, 1.807) is 0 Å². The summed E-state index contributed by atoms with van der Waals surface area (Å²) in [6.07, 6.45) is 1.84. The molecule has 0 atom stereocenters. The van der Waals surface area contributed by atoms with Crippen LogP contribution in [0.2, 0.25) is 0 Å². The second kappa shape index (κ2) is 13.3. The van der Waals surface area contributed by atoms with E-state index in [1.165, 1.54) is 16.5 Å². The molecule has 5 nitrogen and oxygen atoms in total. The maximum Gasteiger partial charge on any atom is 2.00 e. The van der Waals surface area contributed by atoms with Crippen molar-refractivity contribution in [2.24, 2.45) is 0 Å². The fourth-order valence-electron chi connectivity index (χ4n) is 8.27. The number of nitrogens with zero attached hydrogens (tertiary/aromatic N) is 5. The number of aryl methyl sites for hydroxylation is 2. The topological polar surface area (TPSA) is 49.7 Å². The molecular weight excluding hydrogens is 866 g/mol. The third-order valence-electron chi connectivity index (χ3n) is 11.0. The van der Waals surface area contributed by atoms with Crippen molar-refractivity contribution in [3.8, 4) is 45.1 Å². The van der Waals surface area contributed by atoms with Crippen LogP contribution in [0.25, 0.3) is 99.8 Å². The number of hydrogen-bond donors (Lipinski definition) is 0.